The van der Waals surface area contributed by atoms with Crippen LogP contribution >= 0.6 is 11.6 Å². The smallest absolute Gasteiger partial charge is 0.226 e. The summed E-state index contributed by atoms with van der Waals surface area (Å²) in [5, 5.41) is 6.33. The molecule has 0 saturated carbocycles. The zero-order chi connectivity index (χ0) is 19.1. The number of methoxy groups -OCH3 is 2. The number of hydrogen-bond donors (Lipinski definition) is 2. The summed E-state index contributed by atoms with van der Waals surface area (Å²) in [7, 11) is 3.00. The Bertz CT molecular complexity index is 791. The average Bonchev–Trinajstić information content (AvgIpc) is 2.63. The number of carbonyl (C=O) groups excluding carboxylic acids is 2. The molecule has 2 aromatic rings. The first-order chi connectivity index (χ1) is 12.4. The van der Waals surface area contributed by atoms with Gasteiger partial charge in [0.2, 0.25) is 5.91 Å². The first kappa shape index (κ1) is 19.6. The third-order valence-electron chi connectivity index (χ3n) is 3.72. The Kier molecular flexibility index (Phi) is 6.86. The summed E-state index contributed by atoms with van der Waals surface area (Å²) < 4.78 is 10.4. The maximum Gasteiger partial charge on any atom is 0.226 e. The third kappa shape index (κ3) is 5.13. The number of anilines is 2. The van der Waals surface area contributed by atoms with Crippen molar-refractivity contribution in [3.63, 3.8) is 0 Å². The van der Waals surface area contributed by atoms with E-state index in [4.69, 9.17) is 21.1 Å². The summed E-state index contributed by atoms with van der Waals surface area (Å²) in [6.45, 7) is 1.96. The van der Waals surface area contributed by atoms with Crippen LogP contribution in [-0.2, 0) is 4.79 Å². The monoisotopic (exact) mass is 376 g/mol. The standard InChI is InChI=1S/C19H21ClN2O4/c1-12(23)13-4-6-14(7-5-13)21-9-8-19(24)22-16-11-17(25-2)15(20)10-18(16)26-3/h4-7,10-11,21H,8-9H2,1-3H3,(H,22,24). The number of benzene rings is 2. The minimum absolute atomic E-state index is 0.0169. The molecule has 0 fully saturated rings. The van der Waals surface area contributed by atoms with E-state index in [1.165, 1.54) is 21.1 Å². The van der Waals surface area contributed by atoms with Crippen LogP contribution in [-0.4, -0.2) is 32.5 Å². The van der Waals surface area contributed by atoms with E-state index in [2.05, 4.69) is 10.6 Å². The average molecular weight is 377 g/mol. The molecule has 0 saturated heterocycles. The molecule has 0 radical (unpaired) electrons. The molecule has 2 N–H and O–H groups in total. The molecular weight excluding hydrogens is 356 g/mol. The summed E-state index contributed by atoms with van der Waals surface area (Å²) in [6.07, 6.45) is 0.253. The molecule has 7 heteroatoms. The first-order valence-electron chi connectivity index (χ1n) is 8.01. The van der Waals surface area contributed by atoms with Gasteiger partial charge in [-0.1, -0.05) is 11.6 Å². The van der Waals surface area contributed by atoms with Crippen molar-refractivity contribution in [3.8, 4) is 11.5 Å². The number of carbonyl (C=O) groups is 2. The number of hydrogen-bond acceptors (Lipinski definition) is 5. The lowest BCUT2D eigenvalue weighted by atomic mass is 10.1. The van der Waals surface area contributed by atoms with E-state index in [0.29, 0.717) is 34.3 Å². The maximum absolute atomic E-state index is 12.2. The van der Waals surface area contributed by atoms with Crippen LogP contribution in [0.1, 0.15) is 23.7 Å². The number of nitrogens with one attached hydrogen (secondary N) is 2. The van der Waals surface area contributed by atoms with Gasteiger partial charge >= 0.3 is 0 Å². The lowest BCUT2D eigenvalue weighted by Gasteiger charge is -2.13. The van der Waals surface area contributed by atoms with Gasteiger partial charge in [0.15, 0.2) is 5.78 Å². The van der Waals surface area contributed by atoms with Gasteiger partial charge < -0.3 is 20.1 Å². The summed E-state index contributed by atoms with van der Waals surface area (Å²) in [5.41, 5.74) is 1.98. The van der Waals surface area contributed by atoms with Gasteiger partial charge in [-0.05, 0) is 31.2 Å². The molecule has 0 bridgehead atoms. The van der Waals surface area contributed by atoms with E-state index in [1.54, 1.807) is 24.3 Å². The van der Waals surface area contributed by atoms with Crippen LogP contribution in [0.3, 0.4) is 0 Å². The van der Waals surface area contributed by atoms with E-state index in [9.17, 15) is 9.59 Å². The quantitative estimate of drug-likeness (QED) is 0.681. The Morgan fingerprint density at radius 1 is 1.04 bits per heavy atom. The molecule has 0 aliphatic carbocycles. The highest BCUT2D eigenvalue weighted by Gasteiger charge is 2.12. The molecule has 2 rings (SSSR count). The molecule has 0 aliphatic heterocycles. The second kappa shape index (κ2) is 9.10. The first-order valence-corrected chi connectivity index (χ1v) is 8.38. The normalized spacial score (nSPS) is 10.2. The van der Waals surface area contributed by atoms with E-state index < -0.39 is 0 Å². The number of ketones is 1. The molecule has 2 aromatic carbocycles. The van der Waals surface area contributed by atoms with Gasteiger partial charge in [0.25, 0.3) is 0 Å². The number of rotatable bonds is 8. The number of Topliss-reactive ketones (excluding diaryl/α,β-unsaturated/α-hetero) is 1. The lowest BCUT2D eigenvalue weighted by molar-refractivity contribution is -0.116. The van der Waals surface area contributed by atoms with Crippen LogP contribution in [0.25, 0.3) is 0 Å². The molecule has 1 amide bonds. The molecule has 0 atom stereocenters. The Balaban J connectivity index is 1.91. The molecule has 138 valence electrons. The van der Waals surface area contributed by atoms with Crippen molar-refractivity contribution in [1.29, 1.82) is 0 Å². The second-order valence-corrected chi connectivity index (χ2v) is 5.95. The SMILES string of the molecule is COc1cc(NC(=O)CCNc2ccc(C(C)=O)cc2)c(OC)cc1Cl. The molecule has 0 spiro atoms. The topological polar surface area (TPSA) is 76.7 Å². The molecule has 0 unspecified atom stereocenters. The van der Waals surface area contributed by atoms with E-state index in [-0.39, 0.29) is 18.1 Å². The zero-order valence-corrected chi connectivity index (χ0v) is 15.6. The van der Waals surface area contributed by atoms with Gasteiger partial charge in [-0.2, -0.15) is 0 Å². The Hall–Kier alpha value is -2.73. The molecule has 0 heterocycles. The van der Waals surface area contributed by atoms with Gasteiger partial charge in [0, 0.05) is 36.3 Å². The van der Waals surface area contributed by atoms with E-state index in [1.807, 2.05) is 12.1 Å². The molecule has 0 aliphatic rings. The van der Waals surface area contributed by atoms with Crippen LogP contribution in [0.15, 0.2) is 36.4 Å². The Labute approximate surface area is 157 Å². The largest absolute Gasteiger partial charge is 0.495 e. The summed E-state index contributed by atoms with van der Waals surface area (Å²) in [4.78, 5) is 23.4. The van der Waals surface area contributed by atoms with Gasteiger partial charge in [-0.15, -0.1) is 0 Å². The number of ether oxygens (including phenoxy) is 2. The minimum atomic E-state index is -0.180. The maximum atomic E-state index is 12.2. The highest BCUT2D eigenvalue weighted by Crippen LogP contribution is 2.35. The van der Waals surface area contributed by atoms with Gasteiger partial charge in [-0.3, -0.25) is 9.59 Å². The number of amides is 1. The van der Waals surface area contributed by atoms with Crippen molar-refractivity contribution in [2.24, 2.45) is 0 Å². The van der Waals surface area contributed by atoms with Gasteiger partial charge in [0.1, 0.15) is 11.5 Å². The minimum Gasteiger partial charge on any atom is -0.495 e. The van der Waals surface area contributed by atoms with Crippen molar-refractivity contribution < 1.29 is 19.1 Å². The van der Waals surface area contributed by atoms with Crippen molar-refractivity contribution in [3.05, 3.63) is 47.0 Å². The fourth-order valence-electron chi connectivity index (χ4n) is 2.31. The highest BCUT2D eigenvalue weighted by molar-refractivity contribution is 6.32. The summed E-state index contributed by atoms with van der Waals surface area (Å²) in [6, 6.07) is 10.3. The molecule has 26 heavy (non-hydrogen) atoms. The lowest BCUT2D eigenvalue weighted by Crippen LogP contribution is -2.16. The molecule has 6 nitrogen and oxygen atoms in total. The number of halogens is 1. The van der Waals surface area contributed by atoms with E-state index in [0.717, 1.165) is 5.69 Å². The van der Waals surface area contributed by atoms with Crippen LogP contribution in [0.2, 0.25) is 5.02 Å². The van der Waals surface area contributed by atoms with Crippen molar-refractivity contribution in [2.45, 2.75) is 13.3 Å². The van der Waals surface area contributed by atoms with Crippen molar-refractivity contribution in [1.82, 2.24) is 0 Å². The highest BCUT2D eigenvalue weighted by atomic mass is 35.5. The third-order valence-corrected chi connectivity index (χ3v) is 4.02. The molecular formula is C19H21ClN2O4. The Morgan fingerprint density at radius 3 is 2.27 bits per heavy atom. The van der Waals surface area contributed by atoms with Crippen LogP contribution in [0, 0.1) is 0 Å². The molecule has 0 aromatic heterocycles. The van der Waals surface area contributed by atoms with Crippen LogP contribution in [0.4, 0.5) is 11.4 Å². The van der Waals surface area contributed by atoms with Crippen LogP contribution < -0.4 is 20.1 Å². The van der Waals surface area contributed by atoms with Gasteiger partial charge in [0.05, 0.1) is 24.9 Å². The van der Waals surface area contributed by atoms with Crippen LogP contribution in [0.5, 0.6) is 11.5 Å². The summed E-state index contributed by atoms with van der Waals surface area (Å²) in [5.74, 6) is 0.743. The van der Waals surface area contributed by atoms with Crippen molar-refractivity contribution >= 4 is 34.7 Å². The second-order valence-electron chi connectivity index (χ2n) is 5.55. The predicted octanol–water partition coefficient (Wildman–Crippen LogP) is 4.00. The summed E-state index contributed by atoms with van der Waals surface area (Å²) >= 11 is 6.05. The Morgan fingerprint density at radius 2 is 1.69 bits per heavy atom. The fraction of sp³-hybridized carbons (Fsp3) is 0.263. The fourth-order valence-corrected chi connectivity index (χ4v) is 2.54. The van der Waals surface area contributed by atoms with Gasteiger partial charge in [-0.25, -0.2) is 0 Å². The zero-order valence-electron chi connectivity index (χ0n) is 14.9. The predicted molar refractivity (Wildman–Crippen MR) is 103 cm³/mol. The van der Waals surface area contributed by atoms with E-state index >= 15 is 0 Å². The van der Waals surface area contributed by atoms with Crippen molar-refractivity contribution in [2.75, 3.05) is 31.4 Å².